The molecule has 0 aliphatic carbocycles. The summed E-state index contributed by atoms with van der Waals surface area (Å²) in [7, 11) is 2.14. The van der Waals surface area contributed by atoms with Gasteiger partial charge in [-0.05, 0) is 46.2 Å². The van der Waals surface area contributed by atoms with Crippen molar-refractivity contribution in [3.8, 4) is 0 Å². The second kappa shape index (κ2) is 7.57. The molecular weight excluding hydrogens is 374 g/mol. The third-order valence-corrected chi connectivity index (χ3v) is 6.95. The summed E-state index contributed by atoms with van der Waals surface area (Å²) in [6, 6.07) is 0.143. The molecule has 1 amide bonds. The molecule has 0 aromatic carbocycles. The predicted molar refractivity (Wildman–Crippen MR) is 112 cm³/mol. The van der Waals surface area contributed by atoms with Gasteiger partial charge in [0.2, 0.25) is 0 Å². The molecule has 4 rings (SSSR count). The van der Waals surface area contributed by atoms with Crippen LogP contribution in [0.4, 0.5) is 5.82 Å². The average Bonchev–Trinajstić information content (AvgIpc) is 2.99. The van der Waals surface area contributed by atoms with E-state index in [-0.39, 0.29) is 17.6 Å². The molecule has 1 N–H and O–H groups in total. The minimum absolute atomic E-state index is 0.00692. The molecule has 1 atom stereocenters. The first kappa shape index (κ1) is 19.5. The van der Waals surface area contributed by atoms with Crippen LogP contribution in [0.1, 0.15) is 41.9 Å². The van der Waals surface area contributed by atoms with Crippen molar-refractivity contribution in [1.29, 1.82) is 0 Å². The maximum Gasteiger partial charge on any atom is 0.261 e. The summed E-state index contributed by atoms with van der Waals surface area (Å²) in [5.74, 6) is 0.950. The Kier molecular flexibility index (Phi) is 5.28. The largest absolute Gasteiger partial charge is 0.375 e. The number of aryl methyl sites for hydroxylation is 1. The molecular formula is C20H29N5O2S. The summed E-state index contributed by atoms with van der Waals surface area (Å²) in [4.78, 5) is 28.3. The van der Waals surface area contributed by atoms with Gasteiger partial charge < -0.3 is 19.9 Å². The first-order chi connectivity index (χ1) is 13.3. The topological polar surface area (TPSA) is 70.6 Å². The smallest absolute Gasteiger partial charge is 0.261 e. The third kappa shape index (κ3) is 3.86. The quantitative estimate of drug-likeness (QED) is 0.849. The number of likely N-dealkylation sites (N-methyl/N-ethyl adjacent to an activating group) is 1. The monoisotopic (exact) mass is 403 g/mol. The van der Waals surface area contributed by atoms with Crippen molar-refractivity contribution in [2.75, 3.05) is 44.7 Å². The highest BCUT2D eigenvalue weighted by molar-refractivity contribution is 7.20. The van der Waals surface area contributed by atoms with Gasteiger partial charge in [-0.15, -0.1) is 11.3 Å². The highest BCUT2D eigenvalue weighted by atomic mass is 32.1. The fraction of sp³-hybridized carbons (Fsp3) is 0.650. The lowest BCUT2D eigenvalue weighted by Gasteiger charge is -2.35. The molecule has 0 radical (unpaired) electrons. The minimum Gasteiger partial charge on any atom is -0.375 e. The van der Waals surface area contributed by atoms with Gasteiger partial charge in [-0.1, -0.05) is 0 Å². The van der Waals surface area contributed by atoms with Crippen molar-refractivity contribution < 1.29 is 9.53 Å². The number of fused-ring (bicyclic) bond motifs is 1. The number of anilines is 1. The number of piperazine rings is 1. The molecule has 0 unspecified atom stereocenters. The SMILES string of the molecule is Cc1c(C(=O)N[C@@H]2CCOC(C)(C)C2)sc2ncnc(N3CCN(C)CC3)c12. The van der Waals surface area contributed by atoms with Crippen molar-refractivity contribution in [3.05, 3.63) is 16.8 Å². The molecule has 2 saturated heterocycles. The number of aromatic nitrogens is 2. The van der Waals surface area contributed by atoms with Gasteiger partial charge in [0.05, 0.1) is 15.9 Å². The predicted octanol–water partition coefficient (Wildman–Crippen LogP) is 2.44. The molecule has 0 bridgehead atoms. The molecule has 2 fully saturated rings. The van der Waals surface area contributed by atoms with Gasteiger partial charge in [-0.2, -0.15) is 0 Å². The Morgan fingerprint density at radius 1 is 1.29 bits per heavy atom. The zero-order valence-electron chi connectivity index (χ0n) is 17.1. The van der Waals surface area contributed by atoms with E-state index in [0.717, 1.165) is 65.5 Å². The van der Waals surface area contributed by atoms with Gasteiger partial charge in [0.1, 0.15) is 17.0 Å². The summed E-state index contributed by atoms with van der Waals surface area (Å²) < 4.78 is 5.77. The summed E-state index contributed by atoms with van der Waals surface area (Å²) in [5, 5.41) is 4.24. The van der Waals surface area contributed by atoms with E-state index in [9.17, 15) is 4.79 Å². The Labute approximate surface area is 170 Å². The highest BCUT2D eigenvalue weighted by Crippen LogP contribution is 2.35. The van der Waals surface area contributed by atoms with Crippen LogP contribution in [-0.2, 0) is 4.74 Å². The Morgan fingerprint density at radius 2 is 2.04 bits per heavy atom. The van der Waals surface area contributed by atoms with Crippen LogP contribution in [0.25, 0.3) is 10.2 Å². The summed E-state index contributed by atoms with van der Waals surface area (Å²) in [6.07, 6.45) is 3.30. The Hall–Kier alpha value is -1.77. The Morgan fingerprint density at radius 3 is 2.75 bits per heavy atom. The molecule has 2 aromatic rings. The van der Waals surface area contributed by atoms with E-state index < -0.39 is 0 Å². The first-order valence-corrected chi connectivity index (χ1v) is 10.8. The molecule has 7 nitrogen and oxygen atoms in total. The van der Waals surface area contributed by atoms with Crippen LogP contribution in [0.5, 0.6) is 0 Å². The van der Waals surface area contributed by atoms with E-state index >= 15 is 0 Å². The van der Waals surface area contributed by atoms with Gasteiger partial charge >= 0.3 is 0 Å². The van der Waals surface area contributed by atoms with Crippen LogP contribution in [0.2, 0.25) is 0 Å². The van der Waals surface area contributed by atoms with E-state index in [2.05, 4.69) is 46.0 Å². The lowest BCUT2D eigenvalue weighted by atomic mass is 9.94. The van der Waals surface area contributed by atoms with Gasteiger partial charge in [0.15, 0.2) is 0 Å². The van der Waals surface area contributed by atoms with Crippen LogP contribution < -0.4 is 10.2 Å². The number of thiophene rings is 1. The summed E-state index contributed by atoms with van der Waals surface area (Å²) in [5.41, 5.74) is 0.796. The fourth-order valence-electron chi connectivity index (χ4n) is 4.13. The molecule has 0 saturated carbocycles. The van der Waals surface area contributed by atoms with E-state index in [0.29, 0.717) is 6.61 Å². The lowest BCUT2D eigenvalue weighted by molar-refractivity contribution is -0.0615. The number of amides is 1. The number of hydrogen-bond acceptors (Lipinski definition) is 7. The van der Waals surface area contributed by atoms with Crippen molar-refractivity contribution >= 4 is 33.3 Å². The summed E-state index contributed by atoms with van der Waals surface area (Å²) in [6.45, 7) is 10.8. The molecule has 0 spiro atoms. The normalized spacial score (nSPS) is 23.1. The fourth-order valence-corrected chi connectivity index (χ4v) is 5.18. The number of carbonyl (C=O) groups is 1. The lowest BCUT2D eigenvalue weighted by Crippen LogP contribution is -2.45. The molecule has 8 heteroatoms. The van der Waals surface area contributed by atoms with Crippen LogP contribution >= 0.6 is 11.3 Å². The van der Waals surface area contributed by atoms with E-state index in [1.807, 2.05) is 6.92 Å². The zero-order valence-corrected chi connectivity index (χ0v) is 17.9. The second-order valence-corrected chi connectivity index (χ2v) is 9.49. The Bertz CT molecular complexity index is 873. The molecule has 28 heavy (non-hydrogen) atoms. The van der Waals surface area contributed by atoms with Gasteiger partial charge in [-0.25, -0.2) is 9.97 Å². The van der Waals surface area contributed by atoms with Crippen molar-refractivity contribution in [1.82, 2.24) is 20.2 Å². The van der Waals surface area contributed by atoms with Crippen molar-refractivity contribution in [2.24, 2.45) is 0 Å². The second-order valence-electron chi connectivity index (χ2n) is 8.50. The first-order valence-electron chi connectivity index (χ1n) is 9.96. The highest BCUT2D eigenvalue weighted by Gasteiger charge is 2.31. The van der Waals surface area contributed by atoms with Gasteiger partial charge in [-0.3, -0.25) is 4.79 Å². The number of nitrogens with zero attached hydrogens (tertiary/aromatic N) is 4. The van der Waals surface area contributed by atoms with Gasteiger partial charge in [0, 0.05) is 38.8 Å². The van der Waals surface area contributed by atoms with E-state index in [4.69, 9.17) is 4.74 Å². The maximum atomic E-state index is 13.0. The average molecular weight is 404 g/mol. The number of nitrogens with one attached hydrogen (secondary N) is 1. The minimum atomic E-state index is -0.189. The third-order valence-electron chi connectivity index (χ3n) is 5.75. The van der Waals surface area contributed by atoms with Gasteiger partial charge in [0.25, 0.3) is 5.91 Å². The van der Waals surface area contributed by atoms with E-state index in [1.165, 1.54) is 11.3 Å². The number of carbonyl (C=O) groups excluding carboxylic acids is 1. The van der Waals surface area contributed by atoms with Crippen molar-refractivity contribution in [3.63, 3.8) is 0 Å². The molecule has 4 heterocycles. The Balaban J connectivity index is 1.59. The van der Waals surface area contributed by atoms with Crippen LogP contribution in [0.15, 0.2) is 6.33 Å². The molecule has 2 aliphatic rings. The van der Waals surface area contributed by atoms with Crippen molar-refractivity contribution in [2.45, 2.75) is 45.3 Å². The van der Waals surface area contributed by atoms with Crippen LogP contribution in [0.3, 0.4) is 0 Å². The zero-order chi connectivity index (χ0) is 19.9. The van der Waals surface area contributed by atoms with Crippen LogP contribution in [-0.4, -0.2) is 72.3 Å². The number of rotatable bonds is 3. The van der Waals surface area contributed by atoms with E-state index in [1.54, 1.807) is 6.33 Å². The maximum absolute atomic E-state index is 13.0. The standard InChI is InChI=1S/C20H29N5O2S/c1-13-15-17(25-8-6-24(4)7-9-25)21-12-22-19(15)28-16(13)18(26)23-14-5-10-27-20(2,3)11-14/h12,14H,5-11H2,1-4H3,(H,23,26)/t14-/m1/s1. The molecule has 152 valence electrons. The summed E-state index contributed by atoms with van der Waals surface area (Å²) >= 11 is 1.47. The molecule has 2 aromatic heterocycles. The number of hydrogen-bond donors (Lipinski definition) is 1. The van der Waals surface area contributed by atoms with Crippen LogP contribution in [0, 0.1) is 6.92 Å². The number of ether oxygens (including phenoxy) is 1. The molecule has 2 aliphatic heterocycles.